The molecular weight excluding hydrogens is 486 g/mol. The lowest BCUT2D eigenvalue weighted by molar-refractivity contribution is -0.137. The maximum absolute atomic E-state index is 13.5. The molecule has 0 aromatic heterocycles. The van der Waals surface area contributed by atoms with E-state index in [0.29, 0.717) is 42.9 Å². The molecule has 3 saturated carbocycles. The highest BCUT2D eigenvalue weighted by Crippen LogP contribution is 2.47. The molecule has 5 rings (SSSR count). The Morgan fingerprint density at radius 1 is 0.941 bits per heavy atom. The van der Waals surface area contributed by atoms with Crippen LogP contribution in [0.15, 0.2) is 42.5 Å². The molecule has 2 amide bonds. The highest BCUT2D eigenvalue weighted by Gasteiger charge is 2.55. The zero-order chi connectivity index (χ0) is 24.3. The minimum Gasteiger partial charge on any atom is -0.484 e. The lowest BCUT2D eigenvalue weighted by Crippen LogP contribution is -2.70. The lowest BCUT2D eigenvalue weighted by atomic mass is 9.60. The molecule has 2 bridgehead atoms. The van der Waals surface area contributed by atoms with E-state index in [9.17, 15) is 19.1 Å². The summed E-state index contributed by atoms with van der Waals surface area (Å²) < 4.78 is 24.4. The molecule has 3 fully saturated rings. The number of nitrogens with one attached hydrogen (secondary N) is 2. The standard InChI is InChI=1S/C24H25Cl2FN2O5/c25-15-1-3-16(4-2-15)33-14-22(32)29-24-9-7-23(8-10-24,12-20(24)30)28-21(31)13-34-17-5-6-18(26)19(27)11-17/h1-6,11,20,30H,7-10,12-14H2,(H,28,31)(H,29,32)/t20-,23?,24?/m1/s1. The zero-order valence-corrected chi connectivity index (χ0v) is 19.8. The van der Waals surface area contributed by atoms with Crippen LogP contribution in [0.4, 0.5) is 4.39 Å². The average molecular weight is 511 g/mol. The Balaban J connectivity index is 1.27. The number of carbonyl (C=O) groups is 2. The Morgan fingerprint density at radius 3 is 2.15 bits per heavy atom. The van der Waals surface area contributed by atoms with E-state index in [4.69, 9.17) is 32.7 Å². The van der Waals surface area contributed by atoms with Gasteiger partial charge in [-0.25, -0.2) is 4.39 Å². The monoisotopic (exact) mass is 510 g/mol. The van der Waals surface area contributed by atoms with E-state index < -0.39 is 23.0 Å². The van der Waals surface area contributed by atoms with Crippen molar-refractivity contribution in [2.24, 2.45) is 0 Å². The fourth-order valence-electron chi connectivity index (χ4n) is 4.70. The van der Waals surface area contributed by atoms with E-state index >= 15 is 0 Å². The van der Waals surface area contributed by atoms with Gasteiger partial charge in [0.2, 0.25) is 0 Å². The highest BCUT2D eigenvalue weighted by atomic mass is 35.5. The van der Waals surface area contributed by atoms with Gasteiger partial charge in [-0.05, 0) is 68.5 Å². The number of benzene rings is 2. The Kier molecular flexibility index (Phi) is 7.21. The number of halogens is 3. The number of aliphatic hydroxyl groups excluding tert-OH is 1. The molecule has 0 unspecified atom stereocenters. The molecule has 0 spiro atoms. The smallest absolute Gasteiger partial charge is 0.258 e. The molecule has 3 aliphatic rings. The van der Waals surface area contributed by atoms with Crippen molar-refractivity contribution in [3.8, 4) is 11.5 Å². The van der Waals surface area contributed by atoms with E-state index in [0.717, 1.165) is 6.07 Å². The first-order valence-corrected chi connectivity index (χ1v) is 11.7. The van der Waals surface area contributed by atoms with E-state index in [2.05, 4.69) is 10.6 Å². The molecule has 0 heterocycles. The first kappa shape index (κ1) is 24.6. The predicted molar refractivity (Wildman–Crippen MR) is 125 cm³/mol. The normalized spacial score (nSPS) is 25.5. The minimum atomic E-state index is -0.818. The van der Waals surface area contributed by atoms with Crippen molar-refractivity contribution >= 4 is 35.0 Å². The third kappa shape index (κ3) is 5.56. The number of hydrogen-bond donors (Lipinski definition) is 3. The average Bonchev–Trinajstić information content (AvgIpc) is 2.81. The highest BCUT2D eigenvalue weighted by molar-refractivity contribution is 6.31. The van der Waals surface area contributed by atoms with Gasteiger partial charge in [0.1, 0.15) is 17.3 Å². The van der Waals surface area contributed by atoms with Crippen molar-refractivity contribution in [3.05, 3.63) is 58.3 Å². The fourth-order valence-corrected chi connectivity index (χ4v) is 4.95. The van der Waals surface area contributed by atoms with Crippen molar-refractivity contribution < 1.29 is 28.6 Å². The van der Waals surface area contributed by atoms with Crippen molar-refractivity contribution in [1.29, 1.82) is 0 Å². The largest absolute Gasteiger partial charge is 0.484 e. The van der Waals surface area contributed by atoms with Gasteiger partial charge in [0.05, 0.1) is 16.7 Å². The van der Waals surface area contributed by atoms with Crippen LogP contribution < -0.4 is 20.1 Å². The van der Waals surface area contributed by atoms with Gasteiger partial charge < -0.3 is 25.2 Å². The van der Waals surface area contributed by atoms with Crippen LogP contribution in [0.1, 0.15) is 32.1 Å². The summed E-state index contributed by atoms with van der Waals surface area (Å²) >= 11 is 11.5. The summed E-state index contributed by atoms with van der Waals surface area (Å²) in [5.41, 5.74) is -1.32. The van der Waals surface area contributed by atoms with Gasteiger partial charge in [-0.15, -0.1) is 0 Å². The lowest BCUT2D eigenvalue weighted by Gasteiger charge is -2.56. The number of ether oxygens (including phenoxy) is 2. The summed E-state index contributed by atoms with van der Waals surface area (Å²) in [6.07, 6.45) is 1.73. The van der Waals surface area contributed by atoms with Crippen LogP contribution in [0.25, 0.3) is 0 Å². The number of hydrogen-bond acceptors (Lipinski definition) is 5. The molecule has 182 valence electrons. The topological polar surface area (TPSA) is 96.9 Å². The van der Waals surface area contributed by atoms with Gasteiger partial charge in [0, 0.05) is 16.6 Å². The molecule has 10 heteroatoms. The van der Waals surface area contributed by atoms with Gasteiger partial charge in [0.15, 0.2) is 13.2 Å². The molecule has 3 aliphatic carbocycles. The van der Waals surface area contributed by atoms with E-state index in [1.165, 1.54) is 12.1 Å². The second-order valence-electron chi connectivity index (χ2n) is 8.86. The molecule has 2 aromatic carbocycles. The van der Waals surface area contributed by atoms with E-state index in [-0.39, 0.29) is 35.8 Å². The SMILES string of the molecule is O=C(COc1ccc(Cl)c(F)c1)NC12CCC(NC(=O)COc3ccc(Cl)cc3)(CC1)[C@H](O)C2. The summed E-state index contributed by atoms with van der Waals surface area (Å²) in [6, 6.07) is 10.7. The quantitative estimate of drug-likeness (QED) is 0.503. The molecular formula is C24H25Cl2FN2O5. The third-order valence-electron chi connectivity index (χ3n) is 6.56. The molecule has 0 radical (unpaired) electrons. The van der Waals surface area contributed by atoms with Crippen LogP contribution in [-0.2, 0) is 9.59 Å². The molecule has 0 saturated heterocycles. The van der Waals surface area contributed by atoms with Gasteiger partial charge >= 0.3 is 0 Å². The van der Waals surface area contributed by atoms with Crippen LogP contribution in [0.5, 0.6) is 11.5 Å². The molecule has 2 aromatic rings. The maximum atomic E-state index is 13.5. The summed E-state index contributed by atoms with van der Waals surface area (Å²) in [5, 5.41) is 17.3. The van der Waals surface area contributed by atoms with E-state index in [1.54, 1.807) is 24.3 Å². The molecule has 1 atom stereocenters. The maximum Gasteiger partial charge on any atom is 0.258 e. The summed E-state index contributed by atoms with van der Waals surface area (Å²) in [6.45, 7) is -0.469. The Labute approximate surface area is 206 Å². The van der Waals surface area contributed by atoms with E-state index in [1.807, 2.05) is 0 Å². The van der Waals surface area contributed by atoms with Crippen molar-refractivity contribution in [1.82, 2.24) is 10.6 Å². The zero-order valence-electron chi connectivity index (χ0n) is 18.3. The van der Waals surface area contributed by atoms with Crippen LogP contribution in [-0.4, -0.2) is 47.3 Å². The second-order valence-corrected chi connectivity index (χ2v) is 9.70. The minimum absolute atomic E-state index is 0.0267. The van der Waals surface area contributed by atoms with Crippen LogP contribution in [0.3, 0.4) is 0 Å². The van der Waals surface area contributed by atoms with Gasteiger partial charge in [-0.3, -0.25) is 9.59 Å². The number of carbonyl (C=O) groups excluding carboxylic acids is 2. The number of fused-ring (bicyclic) bond motifs is 3. The third-order valence-corrected chi connectivity index (χ3v) is 7.12. The van der Waals surface area contributed by atoms with Crippen molar-refractivity contribution in [2.45, 2.75) is 49.3 Å². The van der Waals surface area contributed by atoms with Crippen LogP contribution in [0.2, 0.25) is 10.0 Å². The molecule has 0 aliphatic heterocycles. The first-order chi connectivity index (χ1) is 16.2. The molecule has 34 heavy (non-hydrogen) atoms. The Bertz CT molecular complexity index is 1060. The van der Waals surface area contributed by atoms with Crippen LogP contribution in [0, 0.1) is 5.82 Å². The second kappa shape index (κ2) is 9.98. The predicted octanol–water partition coefficient (Wildman–Crippen LogP) is 3.64. The Morgan fingerprint density at radius 2 is 1.53 bits per heavy atom. The molecule has 3 N–H and O–H groups in total. The summed E-state index contributed by atoms with van der Waals surface area (Å²) in [7, 11) is 0. The van der Waals surface area contributed by atoms with Crippen molar-refractivity contribution in [2.75, 3.05) is 13.2 Å². The summed E-state index contributed by atoms with van der Waals surface area (Å²) in [5.74, 6) is -0.592. The molecule has 7 nitrogen and oxygen atoms in total. The van der Waals surface area contributed by atoms with Gasteiger partial charge in [-0.1, -0.05) is 23.2 Å². The van der Waals surface area contributed by atoms with Crippen LogP contribution >= 0.6 is 23.2 Å². The Hall–Kier alpha value is -2.55. The van der Waals surface area contributed by atoms with Crippen molar-refractivity contribution in [3.63, 3.8) is 0 Å². The van der Waals surface area contributed by atoms with Gasteiger partial charge in [-0.2, -0.15) is 0 Å². The van der Waals surface area contributed by atoms with Gasteiger partial charge in [0.25, 0.3) is 11.8 Å². The fraction of sp³-hybridized carbons (Fsp3) is 0.417. The number of amides is 2. The number of aliphatic hydroxyl groups is 1. The number of rotatable bonds is 8. The summed E-state index contributed by atoms with van der Waals surface area (Å²) in [4.78, 5) is 25.0. The first-order valence-electron chi connectivity index (χ1n) is 11.0.